The number of benzene rings is 2. The Hall–Kier alpha value is -3.28. The summed E-state index contributed by atoms with van der Waals surface area (Å²) in [6.45, 7) is 0.0184. The molecule has 2 aromatic rings. The number of hydrogen-bond acceptors (Lipinski definition) is 4. The number of anilines is 2. The number of phenolic OH excluding ortho intramolecular Hbond substituents is 1. The Kier molecular flexibility index (Phi) is 4.20. The molecule has 1 aliphatic rings. The first-order valence-corrected chi connectivity index (χ1v) is 7.34. The number of carbonyl (C=O) groups excluding carboxylic acids is 2. The minimum Gasteiger partial charge on any atom is -0.508 e. The maximum absolute atomic E-state index is 12.0. The topological polar surface area (TPSA) is 78.9 Å². The van der Waals surface area contributed by atoms with Gasteiger partial charge in [0.1, 0.15) is 11.5 Å². The van der Waals surface area contributed by atoms with Crippen molar-refractivity contribution in [3.8, 4) is 11.5 Å². The molecule has 0 saturated carbocycles. The summed E-state index contributed by atoms with van der Waals surface area (Å²) < 4.78 is 5.34. The minimum absolute atomic E-state index is 0.0184. The number of aromatic hydroxyl groups is 1. The Morgan fingerprint density at radius 1 is 1.25 bits per heavy atom. The predicted octanol–water partition coefficient (Wildman–Crippen LogP) is 2.40. The number of rotatable bonds is 3. The van der Waals surface area contributed by atoms with Crippen LogP contribution in [0.25, 0.3) is 6.08 Å². The third-order valence-electron chi connectivity index (χ3n) is 3.63. The summed E-state index contributed by atoms with van der Waals surface area (Å²) in [6, 6.07) is 11.6. The van der Waals surface area contributed by atoms with E-state index in [1.165, 1.54) is 11.0 Å². The van der Waals surface area contributed by atoms with Crippen molar-refractivity contribution in [2.24, 2.45) is 0 Å². The van der Waals surface area contributed by atoms with Crippen LogP contribution in [0.4, 0.5) is 11.4 Å². The number of phenols is 1. The Morgan fingerprint density at radius 3 is 2.75 bits per heavy atom. The second-order valence-electron chi connectivity index (χ2n) is 5.34. The second kappa shape index (κ2) is 6.45. The van der Waals surface area contributed by atoms with Gasteiger partial charge in [0.25, 0.3) is 5.91 Å². The molecule has 0 aliphatic carbocycles. The standard InChI is InChI=1S/C18H16N2O4/c1-20-15-10-13(5-8-16(15)24-11-18(20)23)19-17(22)9-4-12-2-6-14(21)7-3-12/h2-10,21H,11H2,1H3,(H,19,22)/b9-4+. The van der Waals surface area contributed by atoms with E-state index in [0.717, 1.165) is 5.56 Å². The highest BCUT2D eigenvalue weighted by Gasteiger charge is 2.22. The smallest absolute Gasteiger partial charge is 0.264 e. The van der Waals surface area contributed by atoms with Crippen LogP contribution in [0.3, 0.4) is 0 Å². The molecule has 6 nitrogen and oxygen atoms in total. The molecule has 2 amide bonds. The van der Waals surface area contributed by atoms with Crippen LogP contribution in [0, 0.1) is 0 Å². The van der Waals surface area contributed by atoms with Gasteiger partial charge >= 0.3 is 0 Å². The predicted molar refractivity (Wildman–Crippen MR) is 91.1 cm³/mol. The molecule has 0 aromatic heterocycles. The molecule has 24 heavy (non-hydrogen) atoms. The lowest BCUT2D eigenvalue weighted by atomic mass is 10.2. The number of hydrogen-bond donors (Lipinski definition) is 2. The molecule has 0 unspecified atom stereocenters. The molecule has 1 aliphatic heterocycles. The average molecular weight is 324 g/mol. The van der Waals surface area contributed by atoms with E-state index >= 15 is 0 Å². The number of ether oxygens (including phenoxy) is 1. The number of nitrogens with one attached hydrogen (secondary N) is 1. The van der Waals surface area contributed by atoms with Gasteiger partial charge in [-0.25, -0.2) is 0 Å². The Labute approximate surface area is 139 Å². The van der Waals surface area contributed by atoms with E-state index in [0.29, 0.717) is 17.1 Å². The molecule has 0 radical (unpaired) electrons. The summed E-state index contributed by atoms with van der Waals surface area (Å²) in [6.07, 6.45) is 3.04. The summed E-state index contributed by atoms with van der Waals surface area (Å²) in [5.74, 6) is 0.341. The molecule has 1 heterocycles. The van der Waals surface area contributed by atoms with Crippen molar-refractivity contribution in [3.05, 3.63) is 54.1 Å². The quantitative estimate of drug-likeness (QED) is 0.850. The first-order chi connectivity index (χ1) is 11.5. The van der Waals surface area contributed by atoms with Gasteiger partial charge in [-0.1, -0.05) is 12.1 Å². The van der Waals surface area contributed by atoms with Crippen LogP contribution in [-0.2, 0) is 9.59 Å². The van der Waals surface area contributed by atoms with E-state index in [9.17, 15) is 14.7 Å². The first kappa shape index (κ1) is 15.6. The normalized spacial score (nSPS) is 13.5. The van der Waals surface area contributed by atoms with Crippen molar-refractivity contribution in [2.45, 2.75) is 0 Å². The van der Waals surface area contributed by atoms with Crippen molar-refractivity contribution in [1.29, 1.82) is 0 Å². The number of carbonyl (C=O) groups is 2. The number of fused-ring (bicyclic) bond motifs is 1. The van der Waals surface area contributed by atoms with Crippen LogP contribution < -0.4 is 15.0 Å². The van der Waals surface area contributed by atoms with Gasteiger partial charge in [-0.15, -0.1) is 0 Å². The number of amides is 2. The SMILES string of the molecule is CN1C(=O)COc2ccc(NC(=O)/C=C/c3ccc(O)cc3)cc21. The summed E-state index contributed by atoms with van der Waals surface area (Å²) in [7, 11) is 1.67. The zero-order chi connectivity index (χ0) is 17.1. The molecule has 0 fully saturated rings. The minimum atomic E-state index is -0.297. The maximum atomic E-state index is 12.0. The Balaban J connectivity index is 1.71. The lowest BCUT2D eigenvalue weighted by Gasteiger charge is -2.26. The highest BCUT2D eigenvalue weighted by Crippen LogP contribution is 2.33. The van der Waals surface area contributed by atoms with Gasteiger partial charge in [0, 0.05) is 18.8 Å². The van der Waals surface area contributed by atoms with Crippen LogP contribution in [0.1, 0.15) is 5.56 Å². The summed E-state index contributed by atoms with van der Waals surface area (Å²) in [5.41, 5.74) is 1.98. The van der Waals surface area contributed by atoms with E-state index in [1.807, 2.05) is 0 Å². The van der Waals surface area contributed by atoms with E-state index in [4.69, 9.17) is 4.74 Å². The molecule has 0 spiro atoms. The van der Waals surface area contributed by atoms with Gasteiger partial charge in [0.05, 0.1) is 5.69 Å². The van der Waals surface area contributed by atoms with Gasteiger partial charge in [0.2, 0.25) is 5.91 Å². The molecule has 0 saturated heterocycles. The van der Waals surface area contributed by atoms with Gasteiger partial charge < -0.3 is 20.1 Å². The Morgan fingerprint density at radius 2 is 2.00 bits per heavy atom. The summed E-state index contributed by atoms with van der Waals surface area (Å²) in [5, 5.41) is 12.0. The maximum Gasteiger partial charge on any atom is 0.264 e. The van der Waals surface area contributed by atoms with Crippen LogP contribution >= 0.6 is 0 Å². The Bertz CT molecular complexity index is 812. The first-order valence-electron chi connectivity index (χ1n) is 7.34. The molecule has 6 heteroatoms. The molecule has 122 valence electrons. The third kappa shape index (κ3) is 3.38. The highest BCUT2D eigenvalue weighted by molar-refractivity contribution is 6.03. The summed E-state index contributed by atoms with van der Waals surface area (Å²) in [4.78, 5) is 25.2. The molecule has 2 aromatic carbocycles. The van der Waals surface area contributed by atoms with E-state index in [1.54, 1.807) is 55.6 Å². The van der Waals surface area contributed by atoms with Crippen LogP contribution in [-0.4, -0.2) is 30.6 Å². The highest BCUT2D eigenvalue weighted by atomic mass is 16.5. The van der Waals surface area contributed by atoms with Crippen molar-refractivity contribution < 1.29 is 19.4 Å². The monoisotopic (exact) mass is 324 g/mol. The molecule has 2 N–H and O–H groups in total. The fourth-order valence-electron chi connectivity index (χ4n) is 2.29. The molecular formula is C18H16N2O4. The molecular weight excluding hydrogens is 308 g/mol. The summed E-state index contributed by atoms with van der Waals surface area (Å²) >= 11 is 0. The molecule has 0 bridgehead atoms. The van der Waals surface area contributed by atoms with Crippen molar-refractivity contribution in [1.82, 2.24) is 0 Å². The fraction of sp³-hybridized carbons (Fsp3) is 0.111. The number of nitrogens with zero attached hydrogens (tertiary/aromatic N) is 1. The largest absolute Gasteiger partial charge is 0.508 e. The van der Waals surface area contributed by atoms with E-state index in [-0.39, 0.29) is 24.2 Å². The second-order valence-corrected chi connectivity index (χ2v) is 5.34. The van der Waals surface area contributed by atoms with Crippen molar-refractivity contribution in [3.63, 3.8) is 0 Å². The van der Waals surface area contributed by atoms with E-state index < -0.39 is 0 Å². The van der Waals surface area contributed by atoms with Crippen LogP contribution in [0.5, 0.6) is 11.5 Å². The zero-order valence-electron chi connectivity index (χ0n) is 13.0. The molecule has 3 rings (SSSR count). The zero-order valence-corrected chi connectivity index (χ0v) is 13.0. The fourth-order valence-corrected chi connectivity index (χ4v) is 2.29. The van der Waals surface area contributed by atoms with Crippen molar-refractivity contribution >= 4 is 29.3 Å². The molecule has 0 atom stereocenters. The average Bonchev–Trinajstić information content (AvgIpc) is 2.58. The van der Waals surface area contributed by atoms with Crippen LogP contribution in [0.2, 0.25) is 0 Å². The lowest BCUT2D eigenvalue weighted by molar-refractivity contribution is -0.121. The van der Waals surface area contributed by atoms with Crippen LogP contribution in [0.15, 0.2) is 48.5 Å². The van der Waals surface area contributed by atoms with E-state index in [2.05, 4.69) is 5.32 Å². The third-order valence-corrected chi connectivity index (χ3v) is 3.63. The van der Waals surface area contributed by atoms with Gasteiger partial charge in [0.15, 0.2) is 6.61 Å². The van der Waals surface area contributed by atoms with Gasteiger partial charge in [-0.3, -0.25) is 9.59 Å². The van der Waals surface area contributed by atoms with Crippen molar-refractivity contribution in [2.75, 3.05) is 23.9 Å². The van der Waals surface area contributed by atoms with Gasteiger partial charge in [-0.05, 0) is 42.0 Å². The lowest BCUT2D eigenvalue weighted by Crippen LogP contribution is -2.35. The number of likely N-dealkylation sites (N-methyl/N-ethyl adjacent to an activating group) is 1. The van der Waals surface area contributed by atoms with Gasteiger partial charge in [-0.2, -0.15) is 0 Å².